The average molecular weight is 319 g/mol. The van der Waals surface area contributed by atoms with Gasteiger partial charge in [-0.3, -0.25) is 0 Å². The van der Waals surface area contributed by atoms with Gasteiger partial charge in [-0.1, -0.05) is 0 Å². The lowest BCUT2D eigenvalue weighted by molar-refractivity contribution is 0.122. The van der Waals surface area contributed by atoms with Gasteiger partial charge in [-0.05, 0) is 40.8 Å². The third-order valence-corrected chi connectivity index (χ3v) is 3.16. The summed E-state index contributed by atoms with van der Waals surface area (Å²) in [5.41, 5.74) is 1.17. The predicted molar refractivity (Wildman–Crippen MR) is 68.7 cm³/mol. The molecule has 0 bridgehead atoms. The Hall–Kier alpha value is -0.490. The highest BCUT2D eigenvalue weighted by Crippen LogP contribution is 2.30. The molecule has 4 heteroatoms. The third kappa shape index (κ3) is 2.55. The highest BCUT2D eigenvalue weighted by Gasteiger charge is 2.15. The van der Waals surface area contributed by atoms with E-state index in [1.807, 2.05) is 0 Å². The van der Waals surface area contributed by atoms with Crippen LogP contribution in [0.4, 0.5) is 5.69 Å². The highest BCUT2D eigenvalue weighted by molar-refractivity contribution is 14.1. The monoisotopic (exact) mass is 319 g/mol. The SMILES string of the molecule is COc1cc(I)ccc1N1CCOCC1. The van der Waals surface area contributed by atoms with E-state index in [2.05, 4.69) is 45.7 Å². The van der Waals surface area contributed by atoms with Gasteiger partial charge in [-0.25, -0.2) is 0 Å². The Morgan fingerprint density at radius 1 is 1.33 bits per heavy atom. The molecule has 1 saturated heterocycles. The molecule has 1 aliphatic heterocycles. The van der Waals surface area contributed by atoms with Crippen molar-refractivity contribution in [1.82, 2.24) is 0 Å². The molecule has 0 amide bonds. The number of rotatable bonds is 2. The van der Waals surface area contributed by atoms with Crippen LogP contribution in [0.2, 0.25) is 0 Å². The fourth-order valence-corrected chi connectivity index (χ4v) is 2.18. The Balaban J connectivity index is 2.25. The van der Waals surface area contributed by atoms with Crippen molar-refractivity contribution in [3.05, 3.63) is 21.8 Å². The minimum absolute atomic E-state index is 0.801. The van der Waals surface area contributed by atoms with Gasteiger partial charge in [0.2, 0.25) is 0 Å². The van der Waals surface area contributed by atoms with Crippen LogP contribution >= 0.6 is 22.6 Å². The van der Waals surface area contributed by atoms with E-state index in [0.717, 1.165) is 32.1 Å². The van der Waals surface area contributed by atoms with Crippen LogP contribution in [0.5, 0.6) is 5.75 Å². The number of morpholine rings is 1. The van der Waals surface area contributed by atoms with Crippen LogP contribution in [0.15, 0.2) is 18.2 Å². The van der Waals surface area contributed by atoms with Gasteiger partial charge >= 0.3 is 0 Å². The molecule has 0 aliphatic carbocycles. The van der Waals surface area contributed by atoms with Gasteiger partial charge in [-0.15, -0.1) is 0 Å². The summed E-state index contributed by atoms with van der Waals surface area (Å²) in [6, 6.07) is 6.28. The van der Waals surface area contributed by atoms with Crippen LogP contribution in [0.1, 0.15) is 0 Å². The molecule has 0 saturated carbocycles. The molecule has 15 heavy (non-hydrogen) atoms. The largest absolute Gasteiger partial charge is 0.495 e. The molecule has 0 atom stereocenters. The van der Waals surface area contributed by atoms with Crippen LogP contribution in [-0.4, -0.2) is 33.4 Å². The van der Waals surface area contributed by atoms with Gasteiger partial charge in [0.15, 0.2) is 0 Å². The van der Waals surface area contributed by atoms with E-state index in [4.69, 9.17) is 9.47 Å². The van der Waals surface area contributed by atoms with Crippen molar-refractivity contribution in [1.29, 1.82) is 0 Å². The molecule has 1 aliphatic rings. The van der Waals surface area contributed by atoms with Crippen molar-refractivity contribution in [3.63, 3.8) is 0 Å². The summed E-state index contributed by atoms with van der Waals surface area (Å²) in [6.07, 6.45) is 0. The molecule has 1 fully saturated rings. The van der Waals surface area contributed by atoms with Crippen molar-refractivity contribution < 1.29 is 9.47 Å². The first-order valence-electron chi connectivity index (χ1n) is 4.97. The average Bonchev–Trinajstić information content (AvgIpc) is 2.30. The second kappa shape index (κ2) is 5.03. The minimum Gasteiger partial charge on any atom is -0.495 e. The van der Waals surface area contributed by atoms with Crippen molar-refractivity contribution in [3.8, 4) is 5.75 Å². The molecular formula is C11H14INO2. The summed E-state index contributed by atoms with van der Waals surface area (Å²) in [6.45, 7) is 3.48. The van der Waals surface area contributed by atoms with Crippen molar-refractivity contribution >= 4 is 28.3 Å². The summed E-state index contributed by atoms with van der Waals surface area (Å²) in [4.78, 5) is 2.30. The molecule has 0 unspecified atom stereocenters. The standard InChI is InChI=1S/C11H14INO2/c1-14-11-8-9(12)2-3-10(11)13-4-6-15-7-5-13/h2-3,8H,4-7H2,1H3. The molecule has 3 nitrogen and oxygen atoms in total. The molecule has 0 radical (unpaired) electrons. The number of methoxy groups -OCH3 is 1. The molecule has 0 aromatic heterocycles. The van der Waals surface area contributed by atoms with Crippen molar-refractivity contribution in [2.75, 3.05) is 38.3 Å². The van der Waals surface area contributed by atoms with Crippen molar-refractivity contribution in [2.24, 2.45) is 0 Å². The maximum atomic E-state index is 5.39. The predicted octanol–water partition coefficient (Wildman–Crippen LogP) is 2.14. The number of hydrogen-bond donors (Lipinski definition) is 0. The van der Waals surface area contributed by atoms with E-state index < -0.39 is 0 Å². The zero-order valence-corrected chi connectivity index (χ0v) is 10.9. The van der Waals surface area contributed by atoms with Crippen molar-refractivity contribution in [2.45, 2.75) is 0 Å². The summed E-state index contributed by atoms with van der Waals surface area (Å²) in [5, 5.41) is 0. The van der Waals surface area contributed by atoms with Crippen LogP contribution in [0.3, 0.4) is 0 Å². The van der Waals surface area contributed by atoms with Crippen LogP contribution < -0.4 is 9.64 Å². The summed E-state index contributed by atoms with van der Waals surface area (Å²) in [5.74, 6) is 0.948. The molecule has 0 spiro atoms. The molecule has 1 aromatic rings. The van der Waals surface area contributed by atoms with Crippen LogP contribution in [0.25, 0.3) is 0 Å². The number of nitrogens with zero attached hydrogens (tertiary/aromatic N) is 1. The summed E-state index contributed by atoms with van der Waals surface area (Å²) >= 11 is 2.29. The molecule has 1 aromatic carbocycles. The Morgan fingerprint density at radius 2 is 2.07 bits per heavy atom. The number of benzene rings is 1. The summed E-state index contributed by atoms with van der Waals surface area (Å²) < 4.78 is 11.9. The molecule has 1 heterocycles. The number of halogens is 1. The van der Waals surface area contributed by atoms with E-state index in [1.54, 1.807) is 7.11 Å². The Kier molecular flexibility index (Phi) is 3.69. The van der Waals surface area contributed by atoms with E-state index in [9.17, 15) is 0 Å². The fraction of sp³-hybridized carbons (Fsp3) is 0.455. The zero-order chi connectivity index (χ0) is 10.7. The lowest BCUT2D eigenvalue weighted by Crippen LogP contribution is -2.36. The first kappa shape index (κ1) is 11.0. The molecular weight excluding hydrogens is 305 g/mol. The van der Waals surface area contributed by atoms with Gasteiger partial charge in [0.05, 0.1) is 26.0 Å². The zero-order valence-electron chi connectivity index (χ0n) is 8.70. The summed E-state index contributed by atoms with van der Waals surface area (Å²) in [7, 11) is 1.72. The first-order chi connectivity index (χ1) is 7.31. The molecule has 2 rings (SSSR count). The van der Waals surface area contributed by atoms with E-state index >= 15 is 0 Å². The molecule has 0 N–H and O–H groups in total. The maximum Gasteiger partial charge on any atom is 0.143 e. The second-order valence-corrected chi connectivity index (χ2v) is 4.66. The van der Waals surface area contributed by atoms with Crippen LogP contribution in [-0.2, 0) is 4.74 Å². The van der Waals surface area contributed by atoms with Crippen LogP contribution in [0, 0.1) is 3.57 Å². The van der Waals surface area contributed by atoms with E-state index in [0.29, 0.717) is 0 Å². The smallest absolute Gasteiger partial charge is 0.143 e. The Bertz CT molecular complexity index is 337. The molecule has 82 valence electrons. The normalized spacial score (nSPS) is 16.5. The highest BCUT2D eigenvalue weighted by atomic mass is 127. The number of ether oxygens (including phenoxy) is 2. The Morgan fingerprint density at radius 3 is 2.73 bits per heavy atom. The van der Waals surface area contributed by atoms with Gasteiger partial charge in [0.1, 0.15) is 5.75 Å². The lowest BCUT2D eigenvalue weighted by Gasteiger charge is -2.30. The van der Waals surface area contributed by atoms with E-state index in [1.165, 1.54) is 9.26 Å². The number of anilines is 1. The lowest BCUT2D eigenvalue weighted by atomic mass is 10.2. The fourth-order valence-electron chi connectivity index (χ4n) is 1.72. The minimum atomic E-state index is 0.801. The quantitative estimate of drug-likeness (QED) is 0.780. The third-order valence-electron chi connectivity index (χ3n) is 2.49. The maximum absolute atomic E-state index is 5.39. The van der Waals surface area contributed by atoms with E-state index in [-0.39, 0.29) is 0 Å². The topological polar surface area (TPSA) is 21.7 Å². The van der Waals surface area contributed by atoms with Gasteiger partial charge in [0, 0.05) is 16.7 Å². The first-order valence-corrected chi connectivity index (χ1v) is 6.05. The van der Waals surface area contributed by atoms with Gasteiger partial charge < -0.3 is 14.4 Å². The van der Waals surface area contributed by atoms with Gasteiger partial charge in [0.25, 0.3) is 0 Å². The van der Waals surface area contributed by atoms with Gasteiger partial charge in [-0.2, -0.15) is 0 Å². The number of hydrogen-bond acceptors (Lipinski definition) is 3. The second-order valence-electron chi connectivity index (χ2n) is 3.42. The Labute approximate surface area is 103 Å².